The van der Waals surface area contributed by atoms with Crippen molar-refractivity contribution in [1.82, 2.24) is 14.9 Å². The predicted octanol–water partition coefficient (Wildman–Crippen LogP) is 2.73. The van der Waals surface area contributed by atoms with Crippen LogP contribution in [0.5, 0.6) is 11.5 Å². The number of aromatic nitrogens is 2. The van der Waals surface area contributed by atoms with Crippen LogP contribution in [0.3, 0.4) is 0 Å². The topological polar surface area (TPSA) is 56.1 Å². The van der Waals surface area contributed by atoms with Crippen LogP contribution in [-0.4, -0.2) is 22.5 Å². The van der Waals surface area contributed by atoms with Gasteiger partial charge in [-0.15, -0.1) is 0 Å². The zero-order valence-electron chi connectivity index (χ0n) is 11.8. The molecule has 0 spiro atoms. The Morgan fingerprint density at radius 1 is 1.19 bits per heavy atom. The SMILES string of the molecule is CNC(=O)c1cc(Oc2ccc3c(ccn3C)c2)ccn1. The molecule has 2 aromatic heterocycles. The summed E-state index contributed by atoms with van der Waals surface area (Å²) in [6.45, 7) is 0. The Bertz CT molecular complexity index is 808. The first kappa shape index (κ1) is 13.2. The van der Waals surface area contributed by atoms with Crippen molar-refractivity contribution >= 4 is 16.8 Å². The molecule has 1 amide bonds. The number of carbonyl (C=O) groups excluding carboxylic acids is 1. The third kappa shape index (κ3) is 2.58. The molecule has 3 aromatic rings. The Labute approximate surface area is 122 Å². The average molecular weight is 281 g/mol. The van der Waals surface area contributed by atoms with Gasteiger partial charge in [0.15, 0.2) is 0 Å². The number of rotatable bonds is 3. The molecular weight excluding hydrogens is 266 g/mol. The van der Waals surface area contributed by atoms with Crippen molar-refractivity contribution in [2.45, 2.75) is 0 Å². The van der Waals surface area contributed by atoms with Crippen LogP contribution in [0.1, 0.15) is 10.5 Å². The number of carbonyl (C=O) groups is 1. The fourth-order valence-corrected chi connectivity index (χ4v) is 2.19. The van der Waals surface area contributed by atoms with E-state index < -0.39 is 0 Å². The Kier molecular flexibility index (Phi) is 3.31. The van der Waals surface area contributed by atoms with E-state index in [1.807, 2.05) is 37.5 Å². The van der Waals surface area contributed by atoms with Crippen molar-refractivity contribution in [1.29, 1.82) is 0 Å². The van der Waals surface area contributed by atoms with E-state index in [9.17, 15) is 4.79 Å². The normalized spacial score (nSPS) is 10.6. The molecule has 106 valence electrons. The van der Waals surface area contributed by atoms with Crippen LogP contribution >= 0.6 is 0 Å². The summed E-state index contributed by atoms with van der Waals surface area (Å²) in [5, 5.41) is 3.65. The summed E-state index contributed by atoms with van der Waals surface area (Å²) in [6, 6.07) is 11.3. The minimum atomic E-state index is -0.237. The molecule has 1 N–H and O–H groups in total. The second-order valence-electron chi connectivity index (χ2n) is 4.71. The van der Waals surface area contributed by atoms with Gasteiger partial charge in [-0.2, -0.15) is 0 Å². The number of ether oxygens (including phenoxy) is 1. The highest BCUT2D eigenvalue weighted by Crippen LogP contribution is 2.26. The summed E-state index contributed by atoms with van der Waals surface area (Å²) in [5.74, 6) is 1.07. The van der Waals surface area contributed by atoms with Gasteiger partial charge in [0, 0.05) is 43.5 Å². The molecule has 2 heterocycles. The Morgan fingerprint density at radius 2 is 2.00 bits per heavy atom. The lowest BCUT2D eigenvalue weighted by atomic mass is 10.2. The lowest BCUT2D eigenvalue weighted by Crippen LogP contribution is -2.18. The summed E-state index contributed by atoms with van der Waals surface area (Å²) in [5.41, 5.74) is 1.47. The van der Waals surface area contributed by atoms with Crippen LogP contribution in [0, 0.1) is 0 Å². The molecular formula is C16H15N3O2. The number of pyridine rings is 1. The molecule has 0 aliphatic heterocycles. The second kappa shape index (κ2) is 5.28. The van der Waals surface area contributed by atoms with Crippen LogP contribution in [0.25, 0.3) is 10.9 Å². The molecule has 0 atom stereocenters. The highest BCUT2D eigenvalue weighted by Gasteiger charge is 2.07. The molecule has 0 aliphatic carbocycles. The van der Waals surface area contributed by atoms with Crippen molar-refractivity contribution in [2.24, 2.45) is 7.05 Å². The van der Waals surface area contributed by atoms with Crippen LogP contribution in [0.4, 0.5) is 0 Å². The number of benzene rings is 1. The minimum Gasteiger partial charge on any atom is -0.457 e. The maximum absolute atomic E-state index is 11.6. The van der Waals surface area contributed by atoms with Crippen LogP contribution in [-0.2, 0) is 7.05 Å². The Balaban J connectivity index is 1.89. The first-order chi connectivity index (χ1) is 10.2. The fraction of sp³-hybridized carbons (Fsp3) is 0.125. The molecule has 0 unspecified atom stereocenters. The van der Waals surface area contributed by atoms with Gasteiger partial charge in [0.1, 0.15) is 17.2 Å². The highest BCUT2D eigenvalue weighted by molar-refractivity contribution is 5.92. The standard InChI is InChI=1S/C16H15N3O2/c1-17-16(20)14-10-13(5-7-18-14)21-12-3-4-15-11(9-12)6-8-19(15)2/h3-10H,1-2H3,(H,17,20). The molecule has 21 heavy (non-hydrogen) atoms. The van der Waals surface area contributed by atoms with Gasteiger partial charge in [0.2, 0.25) is 0 Å². The largest absolute Gasteiger partial charge is 0.457 e. The number of amides is 1. The molecule has 3 rings (SSSR count). The fourth-order valence-electron chi connectivity index (χ4n) is 2.19. The number of hydrogen-bond acceptors (Lipinski definition) is 3. The molecule has 5 nitrogen and oxygen atoms in total. The smallest absolute Gasteiger partial charge is 0.269 e. The van der Waals surface area contributed by atoms with Crippen molar-refractivity contribution in [3.63, 3.8) is 0 Å². The van der Waals surface area contributed by atoms with Gasteiger partial charge in [-0.3, -0.25) is 9.78 Å². The van der Waals surface area contributed by atoms with Gasteiger partial charge < -0.3 is 14.6 Å². The zero-order chi connectivity index (χ0) is 14.8. The van der Waals surface area contributed by atoms with E-state index in [0.717, 1.165) is 16.7 Å². The number of nitrogens with zero attached hydrogens (tertiary/aromatic N) is 2. The number of hydrogen-bond donors (Lipinski definition) is 1. The zero-order valence-corrected chi connectivity index (χ0v) is 11.8. The van der Waals surface area contributed by atoms with Crippen molar-refractivity contribution in [2.75, 3.05) is 7.05 Å². The second-order valence-corrected chi connectivity index (χ2v) is 4.71. The lowest BCUT2D eigenvalue weighted by molar-refractivity contribution is 0.0958. The maximum atomic E-state index is 11.6. The van der Waals surface area contributed by atoms with Crippen LogP contribution < -0.4 is 10.1 Å². The summed E-state index contributed by atoms with van der Waals surface area (Å²) in [6.07, 6.45) is 3.56. The molecule has 0 saturated carbocycles. The van der Waals surface area contributed by atoms with Gasteiger partial charge in [-0.1, -0.05) is 0 Å². The lowest BCUT2D eigenvalue weighted by Gasteiger charge is -2.07. The van der Waals surface area contributed by atoms with Gasteiger partial charge in [0.05, 0.1) is 0 Å². The van der Waals surface area contributed by atoms with E-state index in [4.69, 9.17) is 4.74 Å². The maximum Gasteiger partial charge on any atom is 0.269 e. The monoisotopic (exact) mass is 281 g/mol. The van der Waals surface area contributed by atoms with Gasteiger partial charge in [-0.25, -0.2) is 0 Å². The summed E-state index contributed by atoms with van der Waals surface area (Å²) >= 11 is 0. The molecule has 0 saturated heterocycles. The Morgan fingerprint density at radius 3 is 2.81 bits per heavy atom. The van der Waals surface area contributed by atoms with Gasteiger partial charge >= 0.3 is 0 Å². The highest BCUT2D eigenvalue weighted by atomic mass is 16.5. The first-order valence-corrected chi connectivity index (χ1v) is 6.58. The van der Waals surface area contributed by atoms with Crippen LogP contribution in [0.2, 0.25) is 0 Å². The molecule has 0 fully saturated rings. The van der Waals surface area contributed by atoms with E-state index in [1.165, 1.54) is 0 Å². The van der Waals surface area contributed by atoms with E-state index in [2.05, 4.69) is 14.9 Å². The van der Waals surface area contributed by atoms with E-state index in [1.54, 1.807) is 25.4 Å². The number of aryl methyl sites for hydroxylation is 1. The third-order valence-electron chi connectivity index (χ3n) is 3.28. The van der Waals surface area contributed by atoms with Crippen molar-refractivity contribution < 1.29 is 9.53 Å². The van der Waals surface area contributed by atoms with Gasteiger partial charge in [0.25, 0.3) is 5.91 Å². The van der Waals surface area contributed by atoms with Crippen molar-refractivity contribution in [3.05, 3.63) is 54.5 Å². The molecule has 0 aliphatic rings. The summed E-state index contributed by atoms with van der Waals surface area (Å²) in [7, 11) is 3.57. The van der Waals surface area contributed by atoms with Crippen LogP contribution in [0.15, 0.2) is 48.8 Å². The number of fused-ring (bicyclic) bond motifs is 1. The quantitative estimate of drug-likeness (QED) is 0.803. The molecule has 0 bridgehead atoms. The predicted molar refractivity (Wildman–Crippen MR) is 80.6 cm³/mol. The number of nitrogens with one attached hydrogen (secondary N) is 1. The Hall–Kier alpha value is -2.82. The van der Waals surface area contributed by atoms with E-state index in [-0.39, 0.29) is 5.91 Å². The average Bonchev–Trinajstić information content (AvgIpc) is 2.87. The van der Waals surface area contributed by atoms with E-state index in [0.29, 0.717) is 11.4 Å². The third-order valence-corrected chi connectivity index (χ3v) is 3.28. The summed E-state index contributed by atoms with van der Waals surface area (Å²) < 4.78 is 7.85. The van der Waals surface area contributed by atoms with Crippen molar-refractivity contribution in [3.8, 4) is 11.5 Å². The molecule has 5 heteroatoms. The molecule has 0 radical (unpaired) electrons. The first-order valence-electron chi connectivity index (χ1n) is 6.58. The molecule has 1 aromatic carbocycles. The minimum absolute atomic E-state index is 0.237. The van der Waals surface area contributed by atoms with E-state index >= 15 is 0 Å². The summed E-state index contributed by atoms with van der Waals surface area (Å²) in [4.78, 5) is 15.6. The van der Waals surface area contributed by atoms with Gasteiger partial charge in [-0.05, 0) is 30.3 Å².